The van der Waals surface area contributed by atoms with Gasteiger partial charge in [-0.3, -0.25) is 9.59 Å². The minimum atomic E-state index is -0.398. The molecule has 0 bridgehead atoms. The van der Waals surface area contributed by atoms with E-state index in [1.54, 1.807) is 12.1 Å². The highest BCUT2D eigenvalue weighted by molar-refractivity contribution is 6.04. The molecule has 0 aliphatic rings. The molecule has 0 spiro atoms. The molecular formula is C12H12N4O3. The Balaban J connectivity index is 2.22. The summed E-state index contributed by atoms with van der Waals surface area (Å²) >= 11 is 0. The zero-order valence-corrected chi connectivity index (χ0v) is 10.1. The smallest absolute Gasteiger partial charge is 0.264 e. The molecule has 1 amide bonds. The van der Waals surface area contributed by atoms with Crippen molar-refractivity contribution >= 4 is 17.4 Å². The molecule has 0 aliphatic carbocycles. The molecule has 2 rings (SSSR count). The van der Waals surface area contributed by atoms with E-state index in [9.17, 15) is 9.59 Å². The van der Waals surface area contributed by atoms with Crippen LogP contribution in [-0.2, 0) is 0 Å². The van der Waals surface area contributed by atoms with Crippen molar-refractivity contribution in [2.24, 2.45) is 0 Å². The summed E-state index contributed by atoms with van der Waals surface area (Å²) in [6.07, 6.45) is 0. The first-order valence-electron chi connectivity index (χ1n) is 5.40. The van der Waals surface area contributed by atoms with Crippen LogP contribution in [0, 0.1) is 0 Å². The van der Waals surface area contributed by atoms with Gasteiger partial charge in [0.25, 0.3) is 11.5 Å². The summed E-state index contributed by atoms with van der Waals surface area (Å²) in [6, 6.07) is 7.35. The third-order valence-electron chi connectivity index (χ3n) is 2.35. The molecule has 1 heterocycles. The van der Waals surface area contributed by atoms with Crippen LogP contribution in [0.25, 0.3) is 0 Å². The number of anilines is 2. The highest BCUT2D eigenvalue weighted by Gasteiger charge is 2.09. The summed E-state index contributed by atoms with van der Waals surface area (Å²) < 4.78 is 5.03. The number of H-pyrrole nitrogens is 1. The van der Waals surface area contributed by atoms with Crippen molar-refractivity contribution in [3.63, 3.8) is 0 Å². The molecule has 0 fully saturated rings. The molecule has 0 aliphatic heterocycles. The van der Waals surface area contributed by atoms with Gasteiger partial charge in [0.1, 0.15) is 5.75 Å². The fourth-order valence-corrected chi connectivity index (χ4v) is 1.47. The van der Waals surface area contributed by atoms with E-state index in [0.717, 1.165) is 0 Å². The number of ether oxygens (including phenoxy) is 1. The summed E-state index contributed by atoms with van der Waals surface area (Å²) in [4.78, 5) is 22.8. The predicted octanol–water partition coefficient (Wildman–Crippen LogP) is 0.613. The van der Waals surface area contributed by atoms with E-state index in [2.05, 4.69) is 15.5 Å². The molecule has 0 saturated heterocycles. The van der Waals surface area contributed by atoms with Crippen LogP contribution in [0.1, 0.15) is 10.4 Å². The molecule has 1 aromatic heterocycles. The average Bonchev–Trinajstić information content (AvgIpc) is 2.40. The summed E-state index contributed by atoms with van der Waals surface area (Å²) in [6.45, 7) is 0. The first-order valence-corrected chi connectivity index (χ1v) is 5.40. The van der Waals surface area contributed by atoms with Crippen molar-refractivity contribution in [2.75, 3.05) is 18.2 Å². The number of carbonyl (C=O) groups excluding carboxylic acids is 1. The summed E-state index contributed by atoms with van der Waals surface area (Å²) in [5.41, 5.74) is 6.07. The van der Waals surface area contributed by atoms with Gasteiger partial charge < -0.3 is 15.8 Å². The Hall–Kier alpha value is -2.83. The van der Waals surface area contributed by atoms with Gasteiger partial charge in [-0.15, -0.1) is 0 Å². The number of aromatic nitrogens is 2. The first kappa shape index (κ1) is 12.6. The van der Waals surface area contributed by atoms with E-state index in [4.69, 9.17) is 10.5 Å². The van der Waals surface area contributed by atoms with E-state index in [-0.39, 0.29) is 11.4 Å². The number of hydrogen-bond donors (Lipinski definition) is 3. The molecule has 19 heavy (non-hydrogen) atoms. The van der Waals surface area contributed by atoms with Crippen molar-refractivity contribution < 1.29 is 9.53 Å². The monoisotopic (exact) mass is 260 g/mol. The maximum absolute atomic E-state index is 12.0. The van der Waals surface area contributed by atoms with Crippen molar-refractivity contribution in [2.45, 2.75) is 0 Å². The van der Waals surface area contributed by atoms with Gasteiger partial charge in [0.15, 0.2) is 5.82 Å². The highest BCUT2D eigenvalue weighted by atomic mass is 16.5. The molecule has 0 radical (unpaired) electrons. The number of methoxy groups -OCH3 is 1. The van der Waals surface area contributed by atoms with Crippen LogP contribution >= 0.6 is 0 Å². The van der Waals surface area contributed by atoms with E-state index >= 15 is 0 Å². The van der Waals surface area contributed by atoms with Gasteiger partial charge in [0.05, 0.1) is 7.11 Å². The Morgan fingerprint density at radius 1 is 1.37 bits per heavy atom. The number of rotatable bonds is 3. The second-order valence-corrected chi connectivity index (χ2v) is 3.76. The van der Waals surface area contributed by atoms with Crippen molar-refractivity contribution in [3.8, 4) is 5.75 Å². The van der Waals surface area contributed by atoms with Crippen LogP contribution in [0.5, 0.6) is 5.75 Å². The van der Waals surface area contributed by atoms with Gasteiger partial charge in [-0.1, -0.05) is 0 Å². The molecule has 7 nitrogen and oxygen atoms in total. The lowest BCUT2D eigenvalue weighted by Crippen LogP contribution is -2.16. The van der Waals surface area contributed by atoms with Crippen LogP contribution < -0.4 is 21.3 Å². The number of aromatic amines is 1. The lowest BCUT2D eigenvalue weighted by Gasteiger charge is -2.07. The molecule has 0 unspecified atom stereocenters. The summed E-state index contributed by atoms with van der Waals surface area (Å²) in [5.74, 6) is 0.329. The van der Waals surface area contributed by atoms with Gasteiger partial charge in [-0.05, 0) is 18.2 Å². The van der Waals surface area contributed by atoms with Gasteiger partial charge >= 0.3 is 0 Å². The third-order valence-corrected chi connectivity index (χ3v) is 2.35. The Morgan fingerprint density at radius 3 is 2.79 bits per heavy atom. The Bertz CT molecular complexity index is 646. The first-order chi connectivity index (χ1) is 9.08. The zero-order chi connectivity index (χ0) is 13.8. The minimum Gasteiger partial charge on any atom is -0.497 e. The van der Waals surface area contributed by atoms with Gasteiger partial charge in [0.2, 0.25) is 0 Å². The quantitative estimate of drug-likeness (QED) is 0.700. The standard InChI is InChI=1S/C12H12N4O3/c1-19-9-5-7(4-8(13)6-9)12(18)14-10-2-3-11(17)16-15-10/h2-6H,13H2,1H3,(H,16,17)(H,14,15,18). The Labute approximate surface area is 108 Å². The average molecular weight is 260 g/mol. The van der Waals surface area contributed by atoms with Crippen LogP contribution in [0.4, 0.5) is 11.5 Å². The molecule has 98 valence electrons. The molecule has 4 N–H and O–H groups in total. The van der Waals surface area contributed by atoms with Crippen molar-refractivity contribution in [3.05, 3.63) is 46.2 Å². The maximum Gasteiger partial charge on any atom is 0.264 e. The minimum absolute atomic E-state index is 0.242. The molecule has 0 saturated carbocycles. The lowest BCUT2D eigenvalue weighted by atomic mass is 10.1. The molecular weight excluding hydrogens is 248 g/mol. The Kier molecular flexibility index (Phi) is 3.46. The van der Waals surface area contributed by atoms with Crippen LogP contribution in [0.2, 0.25) is 0 Å². The number of carbonyl (C=O) groups is 1. The SMILES string of the molecule is COc1cc(N)cc(C(=O)Nc2ccc(=O)[nH]n2)c1. The maximum atomic E-state index is 12.0. The second kappa shape index (κ2) is 5.21. The predicted molar refractivity (Wildman–Crippen MR) is 70.2 cm³/mol. The largest absolute Gasteiger partial charge is 0.497 e. The van der Waals surface area contributed by atoms with E-state index in [0.29, 0.717) is 17.0 Å². The number of nitrogens with zero attached hydrogens (tertiary/aromatic N) is 1. The molecule has 2 aromatic rings. The topological polar surface area (TPSA) is 110 Å². The second-order valence-electron chi connectivity index (χ2n) is 3.76. The number of hydrogen-bond acceptors (Lipinski definition) is 5. The van der Waals surface area contributed by atoms with Gasteiger partial charge in [0, 0.05) is 23.4 Å². The number of nitrogens with two attached hydrogens (primary N) is 1. The van der Waals surface area contributed by atoms with Crippen molar-refractivity contribution in [1.82, 2.24) is 10.2 Å². The van der Waals surface area contributed by atoms with E-state index in [1.165, 1.54) is 25.3 Å². The van der Waals surface area contributed by atoms with Crippen LogP contribution in [0.3, 0.4) is 0 Å². The fraction of sp³-hybridized carbons (Fsp3) is 0.0833. The van der Waals surface area contributed by atoms with E-state index in [1.807, 2.05) is 0 Å². The molecule has 1 aromatic carbocycles. The normalized spacial score (nSPS) is 9.95. The zero-order valence-electron chi connectivity index (χ0n) is 10.1. The lowest BCUT2D eigenvalue weighted by molar-refractivity contribution is 0.102. The molecule has 7 heteroatoms. The number of nitrogen functional groups attached to an aromatic ring is 1. The third kappa shape index (κ3) is 3.09. The highest BCUT2D eigenvalue weighted by Crippen LogP contribution is 2.19. The van der Waals surface area contributed by atoms with Gasteiger partial charge in [-0.2, -0.15) is 5.10 Å². The van der Waals surface area contributed by atoms with Gasteiger partial charge in [-0.25, -0.2) is 5.10 Å². The van der Waals surface area contributed by atoms with Crippen molar-refractivity contribution in [1.29, 1.82) is 0 Å². The van der Waals surface area contributed by atoms with Crippen LogP contribution in [0.15, 0.2) is 35.1 Å². The molecule has 0 atom stereocenters. The summed E-state index contributed by atoms with van der Waals surface area (Å²) in [5, 5.41) is 8.43. The summed E-state index contributed by atoms with van der Waals surface area (Å²) in [7, 11) is 1.49. The van der Waals surface area contributed by atoms with E-state index < -0.39 is 5.91 Å². The number of benzene rings is 1. The van der Waals surface area contributed by atoms with Crippen LogP contribution in [-0.4, -0.2) is 23.2 Å². The number of amides is 1. The number of nitrogens with one attached hydrogen (secondary N) is 2. The Morgan fingerprint density at radius 2 is 2.16 bits per heavy atom. The fourth-order valence-electron chi connectivity index (χ4n) is 1.47.